The van der Waals surface area contributed by atoms with Gasteiger partial charge in [-0.05, 0) is 19.3 Å². The molecule has 0 aliphatic carbocycles. The molecule has 1 aliphatic rings. The summed E-state index contributed by atoms with van der Waals surface area (Å²) < 4.78 is 0.868. The Balaban J connectivity index is 1.91. The van der Waals surface area contributed by atoms with Crippen molar-refractivity contribution in [1.29, 1.82) is 0 Å². The molecule has 7 nitrogen and oxygen atoms in total. The average Bonchev–Trinajstić information content (AvgIpc) is 3.00. The number of anilines is 1. The van der Waals surface area contributed by atoms with Crippen molar-refractivity contribution in [3.63, 3.8) is 0 Å². The van der Waals surface area contributed by atoms with Crippen LogP contribution in [-0.2, 0) is 4.79 Å². The van der Waals surface area contributed by atoms with Crippen LogP contribution in [0, 0.1) is 5.92 Å². The Morgan fingerprint density at radius 3 is 2.88 bits per heavy atom. The zero-order valence-electron chi connectivity index (χ0n) is 14.6. The highest BCUT2D eigenvalue weighted by Crippen LogP contribution is 2.30. The molecule has 1 aromatic rings. The van der Waals surface area contributed by atoms with Crippen LogP contribution in [0.5, 0.6) is 0 Å². The first-order valence-corrected chi connectivity index (χ1v) is 9.87. The monoisotopic (exact) mass is 371 g/mol. The zero-order valence-corrected chi connectivity index (χ0v) is 16.2. The Kier molecular flexibility index (Phi) is 6.85. The van der Waals surface area contributed by atoms with Gasteiger partial charge in [-0.2, -0.15) is 0 Å². The van der Waals surface area contributed by atoms with Crippen LogP contribution in [0.4, 0.5) is 9.93 Å². The van der Waals surface area contributed by atoms with Gasteiger partial charge in [0.15, 0.2) is 4.34 Å². The molecule has 2 heterocycles. The molecular formula is C15H25N5O2S2. The maximum Gasteiger partial charge on any atom is 0.319 e. The van der Waals surface area contributed by atoms with Crippen LogP contribution in [0.15, 0.2) is 4.34 Å². The van der Waals surface area contributed by atoms with Gasteiger partial charge in [-0.25, -0.2) is 4.79 Å². The molecule has 0 aromatic carbocycles. The number of carbonyl (C=O) groups excluding carboxylic acids is 2. The van der Waals surface area contributed by atoms with E-state index in [1.165, 1.54) is 11.3 Å². The molecule has 1 saturated heterocycles. The minimum absolute atomic E-state index is 0.0457. The predicted molar refractivity (Wildman–Crippen MR) is 97.5 cm³/mol. The van der Waals surface area contributed by atoms with E-state index in [0.29, 0.717) is 23.5 Å². The third kappa shape index (κ3) is 5.07. The molecule has 134 valence electrons. The molecule has 0 spiro atoms. The van der Waals surface area contributed by atoms with Crippen molar-refractivity contribution in [3.8, 4) is 0 Å². The number of thioether (sulfide) groups is 1. The Morgan fingerprint density at radius 1 is 1.46 bits per heavy atom. The van der Waals surface area contributed by atoms with Gasteiger partial charge in [-0.3, -0.25) is 4.79 Å². The van der Waals surface area contributed by atoms with Gasteiger partial charge in [-0.15, -0.1) is 10.2 Å². The summed E-state index contributed by atoms with van der Waals surface area (Å²) in [5, 5.41) is 12.0. The Hall–Kier alpha value is -1.35. The standard InChI is InChI=1S/C15H25N5O2S2/c1-5-10(2)23-14-18-17-13(24-14)16-12(21)11-7-6-8-20(9-11)15(22)19(3)4/h10-11H,5-9H2,1-4H3,(H,16,17,21)/t10-,11+/m0/s1. The molecule has 1 aromatic heterocycles. The lowest BCUT2D eigenvalue weighted by atomic mass is 9.97. The third-order valence-electron chi connectivity index (χ3n) is 3.96. The number of aromatic nitrogens is 2. The quantitative estimate of drug-likeness (QED) is 0.636. The van der Waals surface area contributed by atoms with E-state index < -0.39 is 0 Å². The summed E-state index contributed by atoms with van der Waals surface area (Å²) in [6.07, 6.45) is 2.68. The number of carbonyl (C=O) groups is 2. The summed E-state index contributed by atoms with van der Waals surface area (Å²) in [6, 6.07) is -0.0457. The second-order valence-corrected chi connectivity index (χ2v) is 8.82. The first-order valence-electron chi connectivity index (χ1n) is 8.18. The van der Waals surface area contributed by atoms with E-state index in [4.69, 9.17) is 0 Å². The molecule has 3 amide bonds. The molecule has 0 bridgehead atoms. The van der Waals surface area contributed by atoms with Gasteiger partial charge in [0.25, 0.3) is 0 Å². The first-order chi connectivity index (χ1) is 11.4. The lowest BCUT2D eigenvalue weighted by molar-refractivity contribution is -0.121. The number of amides is 3. The van der Waals surface area contributed by atoms with Crippen LogP contribution in [-0.4, -0.2) is 64.4 Å². The van der Waals surface area contributed by atoms with E-state index >= 15 is 0 Å². The molecule has 2 rings (SSSR count). The predicted octanol–water partition coefficient (Wildman–Crippen LogP) is 2.76. The lowest BCUT2D eigenvalue weighted by Gasteiger charge is -2.33. The minimum atomic E-state index is -0.197. The summed E-state index contributed by atoms with van der Waals surface area (Å²) in [5.41, 5.74) is 0. The number of hydrogen-bond donors (Lipinski definition) is 1. The summed E-state index contributed by atoms with van der Waals surface area (Å²) in [7, 11) is 3.45. The van der Waals surface area contributed by atoms with E-state index in [9.17, 15) is 9.59 Å². The summed E-state index contributed by atoms with van der Waals surface area (Å²) in [6.45, 7) is 5.43. The second-order valence-electron chi connectivity index (χ2n) is 6.16. The number of likely N-dealkylation sites (tertiary alicyclic amines) is 1. The normalized spacial score (nSPS) is 19.0. The Morgan fingerprint density at radius 2 is 2.21 bits per heavy atom. The van der Waals surface area contributed by atoms with Crippen LogP contribution in [0.3, 0.4) is 0 Å². The van der Waals surface area contributed by atoms with Crippen LogP contribution in [0.1, 0.15) is 33.1 Å². The summed E-state index contributed by atoms with van der Waals surface area (Å²) in [4.78, 5) is 27.8. The average molecular weight is 372 g/mol. The molecule has 1 N–H and O–H groups in total. The van der Waals surface area contributed by atoms with E-state index in [1.807, 2.05) is 0 Å². The van der Waals surface area contributed by atoms with Crippen LogP contribution < -0.4 is 5.32 Å². The minimum Gasteiger partial charge on any atom is -0.331 e. The fraction of sp³-hybridized carbons (Fsp3) is 0.733. The lowest BCUT2D eigenvalue weighted by Crippen LogP contribution is -2.47. The third-order valence-corrected chi connectivity index (χ3v) is 6.15. The van der Waals surface area contributed by atoms with Crippen molar-refractivity contribution in [1.82, 2.24) is 20.0 Å². The summed E-state index contributed by atoms with van der Waals surface area (Å²) >= 11 is 3.07. The van der Waals surface area contributed by atoms with Gasteiger partial charge in [0.2, 0.25) is 11.0 Å². The van der Waals surface area contributed by atoms with Gasteiger partial charge in [0.1, 0.15) is 0 Å². The maximum absolute atomic E-state index is 12.5. The highest BCUT2D eigenvalue weighted by molar-refractivity contribution is 8.01. The van der Waals surface area contributed by atoms with Gasteiger partial charge < -0.3 is 15.1 Å². The van der Waals surface area contributed by atoms with Gasteiger partial charge in [-0.1, -0.05) is 36.9 Å². The fourth-order valence-corrected chi connectivity index (χ4v) is 4.42. The highest BCUT2D eigenvalue weighted by Gasteiger charge is 2.29. The van der Waals surface area contributed by atoms with Crippen molar-refractivity contribution in [2.75, 3.05) is 32.5 Å². The van der Waals surface area contributed by atoms with Crippen molar-refractivity contribution >= 4 is 40.2 Å². The molecule has 0 unspecified atom stereocenters. The fourth-order valence-electron chi connectivity index (χ4n) is 2.42. The molecule has 9 heteroatoms. The van der Waals surface area contributed by atoms with Crippen molar-refractivity contribution < 1.29 is 9.59 Å². The second kappa shape index (κ2) is 8.66. The number of rotatable bonds is 5. The number of piperidine rings is 1. The number of nitrogens with one attached hydrogen (secondary N) is 1. The van der Waals surface area contributed by atoms with Gasteiger partial charge in [0.05, 0.1) is 5.92 Å². The van der Waals surface area contributed by atoms with E-state index in [0.717, 1.165) is 23.6 Å². The molecule has 1 aliphatic heterocycles. The van der Waals surface area contributed by atoms with Crippen molar-refractivity contribution in [3.05, 3.63) is 0 Å². The Bertz CT molecular complexity index is 578. The number of urea groups is 1. The van der Waals surface area contributed by atoms with Crippen LogP contribution in [0.25, 0.3) is 0 Å². The van der Waals surface area contributed by atoms with Gasteiger partial charge >= 0.3 is 6.03 Å². The summed E-state index contributed by atoms with van der Waals surface area (Å²) in [5.74, 6) is -0.278. The highest BCUT2D eigenvalue weighted by atomic mass is 32.2. The largest absolute Gasteiger partial charge is 0.331 e. The topological polar surface area (TPSA) is 78.4 Å². The first kappa shape index (κ1) is 19.0. The molecule has 0 radical (unpaired) electrons. The molecule has 0 saturated carbocycles. The smallest absolute Gasteiger partial charge is 0.319 e. The van der Waals surface area contributed by atoms with Crippen LogP contribution in [0.2, 0.25) is 0 Å². The SMILES string of the molecule is CC[C@H](C)Sc1nnc(NC(=O)[C@@H]2CCCN(C(=O)N(C)C)C2)s1. The van der Waals surface area contributed by atoms with Crippen molar-refractivity contribution in [2.24, 2.45) is 5.92 Å². The molecule has 1 fully saturated rings. The maximum atomic E-state index is 12.5. The van der Waals surface area contributed by atoms with Gasteiger partial charge in [0, 0.05) is 32.4 Å². The molecule has 24 heavy (non-hydrogen) atoms. The van der Waals surface area contributed by atoms with E-state index in [1.54, 1.807) is 35.7 Å². The number of hydrogen-bond acceptors (Lipinski definition) is 6. The van der Waals surface area contributed by atoms with Crippen LogP contribution >= 0.6 is 23.1 Å². The molecular weight excluding hydrogens is 346 g/mol. The molecule has 2 atom stereocenters. The number of nitrogens with zero attached hydrogens (tertiary/aromatic N) is 4. The zero-order chi connectivity index (χ0) is 17.7. The van der Waals surface area contributed by atoms with E-state index in [-0.39, 0.29) is 17.9 Å². The van der Waals surface area contributed by atoms with E-state index in [2.05, 4.69) is 29.4 Å². The Labute approximate surface area is 151 Å². The van der Waals surface area contributed by atoms with Crippen molar-refractivity contribution in [2.45, 2.75) is 42.7 Å².